The van der Waals surface area contributed by atoms with Crippen LogP contribution in [0.3, 0.4) is 0 Å². The smallest absolute Gasteiger partial charge is 0.310 e. The molecule has 182 valence electrons. The number of nitrogens with one attached hydrogen (secondary N) is 1. The van der Waals surface area contributed by atoms with Crippen molar-refractivity contribution in [2.24, 2.45) is 0 Å². The van der Waals surface area contributed by atoms with Crippen LogP contribution >= 0.6 is 0 Å². The number of phenols is 1. The number of phenolic OH excluding ortho intramolecular Hbond substituents is 1. The molecular weight excluding hydrogens is 442 g/mol. The molecule has 1 heterocycles. The average Bonchev–Trinajstić information content (AvgIpc) is 3.19. The molecule has 0 bridgehead atoms. The van der Waals surface area contributed by atoms with Crippen LogP contribution in [0.1, 0.15) is 37.5 Å². The number of rotatable bonds is 7. The number of carbonyl (C=O) groups is 1. The lowest BCUT2D eigenvalue weighted by molar-refractivity contribution is -0.139. The second-order valence-corrected chi connectivity index (χ2v) is 9.51. The Balaban J connectivity index is 1.82. The first-order chi connectivity index (χ1) is 16.7. The minimum atomic E-state index is -0.375. The van der Waals surface area contributed by atoms with Crippen LogP contribution < -0.4 is 9.47 Å². The maximum absolute atomic E-state index is 12.3. The summed E-state index contributed by atoms with van der Waals surface area (Å²) in [6, 6.07) is 19.4. The van der Waals surface area contributed by atoms with Crippen LogP contribution in [0.25, 0.3) is 22.2 Å². The largest absolute Gasteiger partial charge is 0.504 e. The number of fused-ring (bicyclic) bond motifs is 1. The van der Waals surface area contributed by atoms with Crippen LogP contribution in [0.2, 0.25) is 0 Å². The van der Waals surface area contributed by atoms with Gasteiger partial charge in [0, 0.05) is 22.0 Å². The van der Waals surface area contributed by atoms with Gasteiger partial charge in [-0.25, -0.2) is 0 Å². The number of hydrogen-bond acceptors (Lipinski definition) is 5. The number of aromatic hydroxyl groups is 1. The molecule has 6 nitrogen and oxygen atoms in total. The quantitative estimate of drug-likeness (QED) is 0.315. The third-order valence-electron chi connectivity index (χ3n) is 6.09. The topological polar surface area (TPSA) is 80.8 Å². The van der Waals surface area contributed by atoms with Crippen molar-refractivity contribution < 1.29 is 24.1 Å². The molecule has 0 aliphatic rings. The van der Waals surface area contributed by atoms with Gasteiger partial charge in [-0.1, -0.05) is 57.2 Å². The lowest BCUT2D eigenvalue weighted by Crippen LogP contribution is -2.13. The molecule has 0 atom stereocenters. The van der Waals surface area contributed by atoms with Gasteiger partial charge in [-0.2, -0.15) is 0 Å². The molecule has 6 heteroatoms. The molecule has 4 aromatic rings. The van der Waals surface area contributed by atoms with Crippen LogP contribution in [-0.4, -0.2) is 30.3 Å². The van der Waals surface area contributed by atoms with E-state index in [2.05, 4.69) is 25.8 Å². The molecule has 0 unspecified atom stereocenters. The second-order valence-electron chi connectivity index (χ2n) is 9.51. The highest BCUT2D eigenvalue weighted by Crippen LogP contribution is 2.45. The highest BCUT2D eigenvalue weighted by molar-refractivity contribution is 5.96. The molecule has 0 fully saturated rings. The Morgan fingerprint density at radius 3 is 2.40 bits per heavy atom. The van der Waals surface area contributed by atoms with E-state index < -0.39 is 0 Å². The summed E-state index contributed by atoms with van der Waals surface area (Å²) in [5.74, 6) is 0.756. The van der Waals surface area contributed by atoms with E-state index in [4.69, 9.17) is 14.2 Å². The van der Waals surface area contributed by atoms with Gasteiger partial charge >= 0.3 is 5.97 Å². The molecule has 3 aromatic carbocycles. The van der Waals surface area contributed by atoms with Gasteiger partial charge in [0.25, 0.3) is 0 Å². The van der Waals surface area contributed by atoms with Crippen LogP contribution in [0.5, 0.6) is 17.2 Å². The first-order valence-corrected chi connectivity index (χ1v) is 11.5. The number of methoxy groups -OCH3 is 2. The van der Waals surface area contributed by atoms with Crippen molar-refractivity contribution in [3.8, 4) is 28.5 Å². The minimum Gasteiger partial charge on any atom is -0.504 e. The van der Waals surface area contributed by atoms with Crippen molar-refractivity contribution in [3.05, 3.63) is 77.4 Å². The third kappa shape index (κ3) is 4.97. The molecule has 35 heavy (non-hydrogen) atoms. The Morgan fingerprint density at radius 1 is 1.00 bits per heavy atom. The number of carbonyl (C=O) groups excluding carboxylic acids is 1. The van der Waals surface area contributed by atoms with Crippen molar-refractivity contribution >= 4 is 16.9 Å². The molecule has 0 spiro atoms. The Labute approximate surface area is 205 Å². The molecule has 0 radical (unpaired) electrons. The third-order valence-corrected chi connectivity index (χ3v) is 6.09. The Morgan fingerprint density at radius 2 is 1.74 bits per heavy atom. The number of hydrogen-bond donors (Lipinski definition) is 2. The van der Waals surface area contributed by atoms with Crippen molar-refractivity contribution in [3.63, 3.8) is 0 Å². The number of aromatic amines is 1. The average molecular weight is 474 g/mol. The minimum absolute atomic E-state index is 0.0261. The maximum Gasteiger partial charge on any atom is 0.310 e. The monoisotopic (exact) mass is 473 g/mol. The zero-order valence-electron chi connectivity index (χ0n) is 20.8. The number of H-pyrrole nitrogens is 1. The van der Waals surface area contributed by atoms with E-state index in [0.29, 0.717) is 29.4 Å². The van der Waals surface area contributed by atoms with E-state index in [-0.39, 0.29) is 23.6 Å². The molecule has 0 aliphatic heterocycles. The Kier molecular flexibility index (Phi) is 6.74. The predicted octanol–water partition coefficient (Wildman–Crippen LogP) is 6.14. The number of benzene rings is 3. The lowest BCUT2D eigenvalue weighted by Gasteiger charge is -2.23. The summed E-state index contributed by atoms with van der Waals surface area (Å²) in [7, 11) is 2.91. The van der Waals surface area contributed by atoms with Crippen LogP contribution in [0.4, 0.5) is 0 Å². The van der Waals surface area contributed by atoms with Crippen molar-refractivity contribution in [1.29, 1.82) is 0 Å². The van der Waals surface area contributed by atoms with Gasteiger partial charge < -0.3 is 24.3 Å². The zero-order valence-corrected chi connectivity index (χ0v) is 20.8. The highest BCUT2D eigenvalue weighted by atomic mass is 16.5. The summed E-state index contributed by atoms with van der Waals surface area (Å²) in [5, 5.41) is 12.0. The van der Waals surface area contributed by atoms with Gasteiger partial charge in [0.1, 0.15) is 12.4 Å². The predicted molar refractivity (Wildman–Crippen MR) is 137 cm³/mol. The number of aromatic nitrogens is 1. The van der Waals surface area contributed by atoms with Crippen molar-refractivity contribution in [2.45, 2.75) is 39.2 Å². The molecule has 2 N–H and O–H groups in total. The summed E-state index contributed by atoms with van der Waals surface area (Å²) >= 11 is 0. The van der Waals surface area contributed by atoms with Gasteiger partial charge in [-0.3, -0.25) is 4.79 Å². The summed E-state index contributed by atoms with van der Waals surface area (Å²) in [6.45, 7) is 6.62. The summed E-state index contributed by atoms with van der Waals surface area (Å²) in [5.41, 5.74) is 4.47. The Hall–Kier alpha value is -3.93. The zero-order chi connectivity index (χ0) is 25.2. The molecule has 4 rings (SSSR count). The van der Waals surface area contributed by atoms with E-state index in [0.717, 1.165) is 27.6 Å². The van der Waals surface area contributed by atoms with E-state index >= 15 is 0 Å². The van der Waals surface area contributed by atoms with Gasteiger partial charge in [0.15, 0.2) is 11.5 Å². The van der Waals surface area contributed by atoms with Gasteiger partial charge in [0.2, 0.25) is 0 Å². The highest BCUT2D eigenvalue weighted by Gasteiger charge is 2.26. The fourth-order valence-corrected chi connectivity index (χ4v) is 4.26. The van der Waals surface area contributed by atoms with Crippen molar-refractivity contribution in [1.82, 2.24) is 4.98 Å². The van der Waals surface area contributed by atoms with Gasteiger partial charge in [-0.05, 0) is 40.8 Å². The van der Waals surface area contributed by atoms with E-state index in [1.165, 1.54) is 7.11 Å². The first-order valence-electron chi connectivity index (χ1n) is 11.5. The van der Waals surface area contributed by atoms with E-state index in [9.17, 15) is 9.90 Å². The standard InChI is InChI=1S/C29H31NO5/c1-29(2,3)23-13-12-20(27(32)28(23)34-5)26-22(16-25(31)33-4)21-15-19(11-14-24(21)30-26)35-17-18-9-7-6-8-10-18/h6-15,30,32H,16-17H2,1-5H3. The lowest BCUT2D eigenvalue weighted by atomic mass is 9.85. The van der Waals surface area contributed by atoms with Crippen molar-refractivity contribution in [2.75, 3.05) is 14.2 Å². The molecule has 0 amide bonds. The molecule has 0 saturated carbocycles. The fourth-order valence-electron chi connectivity index (χ4n) is 4.26. The van der Waals surface area contributed by atoms with Gasteiger partial charge in [-0.15, -0.1) is 0 Å². The molecule has 0 aliphatic carbocycles. The molecule has 1 aromatic heterocycles. The molecule has 0 saturated heterocycles. The summed E-state index contributed by atoms with van der Waals surface area (Å²) in [6.07, 6.45) is 0.0384. The van der Waals surface area contributed by atoms with E-state index in [1.54, 1.807) is 7.11 Å². The maximum atomic E-state index is 12.3. The van der Waals surface area contributed by atoms with Gasteiger partial charge in [0.05, 0.1) is 26.3 Å². The summed E-state index contributed by atoms with van der Waals surface area (Å²) in [4.78, 5) is 15.7. The van der Waals surface area contributed by atoms with Crippen LogP contribution in [0.15, 0.2) is 60.7 Å². The second kappa shape index (κ2) is 9.74. The number of esters is 1. The normalized spacial score (nSPS) is 11.5. The fraction of sp³-hybridized carbons (Fsp3) is 0.276. The molecular formula is C29H31NO5. The van der Waals surface area contributed by atoms with Crippen LogP contribution in [-0.2, 0) is 28.0 Å². The summed E-state index contributed by atoms with van der Waals surface area (Å²) < 4.78 is 16.6. The van der Waals surface area contributed by atoms with Crippen LogP contribution in [0, 0.1) is 0 Å². The Bertz CT molecular complexity index is 1350. The first kappa shape index (κ1) is 24.2. The SMILES string of the molecule is COC(=O)Cc1c(-c2ccc(C(C)(C)C)c(OC)c2O)[nH]c2ccc(OCc3ccccc3)cc12. The van der Waals surface area contributed by atoms with E-state index in [1.807, 2.05) is 60.7 Å². The number of ether oxygens (including phenoxy) is 3.